The van der Waals surface area contributed by atoms with Crippen LogP contribution in [0, 0.1) is 0 Å². The topological polar surface area (TPSA) is 43.5 Å². The second-order valence-corrected chi connectivity index (χ2v) is 13.6. The molecule has 0 spiro atoms. The van der Waals surface area contributed by atoms with Crippen molar-refractivity contribution in [2.75, 3.05) is 26.4 Å². The summed E-state index contributed by atoms with van der Waals surface area (Å²) in [5.74, 6) is 0. The maximum atomic E-state index is 5.96. The van der Waals surface area contributed by atoms with E-state index in [0.29, 0.717) is 12.2 Å². The van der Waals surface area contributed by atoms with Crippen LogP contribution in [0.25, 0.3) is 0 Å². The summed E-state index contributed by atoms with van der Waals surface area (Å²) in [6.45, 7) is 14.6. The Bertz CT molecular complexity index is 225. The molecule has 2 heterocycles. The molecule has 2 saturated heterocycles. The zero-order chi connectivity index (χ0) is 14.3. The van der Waals surface area contributed by atoms with Crippen LogP contribution in [0.2, 0.25) is 32.2 Å². The molecule has 0 saturated carbocycles. The van der Waals surface area contributed by atoms with Crippen molar-refractivity contribution >= 4 is 17.4 Å². The molecule has 0 aromatic carbocycles. The summed E-state index contributed by atoms with van der Waals surface area (Å²) < 4.78 is 21.1. The molecule has 3 atom stereocenters. The predicted molar refractivity (Wildman–Crippen MR) is 82.8 cm³/mol. The lowest BCUT2D eigenvalue weighted by atomic mass is 10.5. The second-order valence-electron chi connectivity index (χ2n) is 6.28. The van der Waals surface area contributed by atoms with Crippen molar-refractivity contribution in [1.82, 2.24) is 0 Å². The first kappa shape index (κ1) is 17.3. The molecule has 0 amide bonds. The highest BCUT2D eigenvalue weighted by atomic mass is 28.4. The average Bonchev–Trinajstić information content (AvgIpc) is 3.10. The number of rotatable bonds is 8. The van der Waals surface area contributed by atoms with E-state index in [0.717, 1.165) is 26.4 Å². The summed E-state index contributed by atoms with van der Waals surface area (Å²) in [4.78, 5) is 0. The van der Waals surface area contributed by atoms with Gasteiger partial charge >= 0.3 is 0 Å². The molecule has 19 heavy (non-hydrogen) atoms. The fourth-order valence-corrected chi connectivity index (χ4v) is 7.84. The van der Waals surface area contributed by atoms with Crippen LogP contribution in [0.4, 0.5) is 0 Å². The van der Waals surface area contributed by atoms with Gasteiger partial charge in [0.2, 0.25) is 0 Å². The molecule has 0 aromatic heterocycles. The SMILES string of the molecule is C(OCC1CO1)C1CO1.CCC[SiH](C)O[Si](C)(C)C. The standard InChI is InChI=1S/C7H20OSi2.C6H10O3/c1-6-7-9(2)8-10(3,4)5;1(5-3-8-5)7-2-6-4-9-6/h9H,6-7H2,1-5H3;5-6H,1-4H2. The molecule has 6 heteroatoms. The molecule has 0 N–H and O–H groups in total. The quantitative estimate of drug-likeness (QED) is 0.510. The average molecular weight is 307 g/mol. The van der Waals surface area contributed by atoms with Gasteiger partial charge in [-0.25, -0.2) is 0 Å². The highest BCUT2D eigenvalue weighted by molar-refractivity contribution is 6.77. The lowest BCUT2D eigenvalue weighted by Gasteiger charge is -2.22. The Hall–Kier alpha value is 0.274. The Morgan fingerprint density at radius 3 is 1.89 bits per heavy atom. The summed E-state index contributed by atoms with van der Waals surface area (Å²) >= 11 is 0. The van der Waals surface area contributed by atoms with Gasteiger partial charge in [0, 0.05) is 0 Å². The lowest BCUT2D eigenvalue weighted by Crippen LogP contribution is -2.32. The van der Waals surface area contributed by atoms with Gasteiger partial charge in [-0.3, -0.25) is 0 Å². The summed E-state index contributed by atoms with van der Waals surface area (Å²) in [5.41, 5.74) is 0. The fraction of sp³-hybridized carbons (Fsp3) is 1.00. The van der Waals surface area contributed by atoms with E-state index in [4.69, 9.17) is 18.3 Å². The van der Waals surface area contributed by atoms with E-state index in [1.165, 1.54) is 12.5 Å². The van der Waals surface area contributed by atoms with Gasteiger partial charge in [0.05, 0.1) is 26.4 Å². The number of epoxide rings is 2. The van der Waals surface area contributed by atoms with Crippen LogP contribution >= 0.6 is 0 Å². The summed E-state index contributed by atoms with van der Waals surface area (Å²) in [5, 5.41) is 0. The normalized spacial score (nSPS) is 26.4. The van der Waals surface area contributed by atoms with Gasteiger partial charge in [0.1, 0.15) is 12.2 Å². The van der Waals surface area contributed by atoms with E-state index < -0.39 is 17.4 Å². The van der Waals surface area contributed by atoms with E-state index in [1.54, 1.807) is 0 Å². The third-order valence-corrected chi connectivity index (χ3v) is 8.49. The number of ether oxygens (including phenoxy) is 3. The molecule has 114 valence electrons. The van der Waals surface area contributed by atoms with Crippen LogP contribution in [0.1, 0.15) is 13.3 Å². The Morgan fingerprint density at radius 2 is 1.58 bits per heavy atom. The highest BCUT2D eigenvalue weighted by Gasteiger charge is 2.26. The zero-order valence-corrected chi connectivity index (χ0v) is 15.3. The summed E-state index contributed by atoms with van der Waals surface area (Å²) in [7, 11) is -1.96. The molecule has 0 bridgehead atoms. The zero-order valence-electron chi connectivity index (χ0n) is 13.1. The molecule has 2 aliphatic rings. The van der Waals surface area contributed by atoms with E-state index in [1.807, 2.05) is 0 Å². The fourth-order valence-electron chi connectivity index (χ4n) is 1.73. The number of hydrogen-bond acceptors (Lipinski definition) is 4. The first-order valence-corrected chi connectivity index (χ1v) is 13.2. The Labute approximate surface area is 120 Å². The summed E-state index contributed by atoms with van der Waals surface area (Å²) in [6, 6.07) is 1.34. The van der Waals surface area contributed by atoms with Crippen LogP contribution in [0.3, 0.4) is 0 Å². The van der Waals surface area contributed by atoms with Gasteiger partial charge in [0.15, 0.2) is 17.4 Å². The molecule has 0 aromatic rings. The minimum atomic E-state index is -1.20. The molecule has 0 radical (unpaired) electrons. The third kappa shape index (κ3) is 11.8. The van der Waals surface area contributed by atoms with E-state index in [2.05, 4.69) is 33.1 Å². The van der Waals surface area contributed by atoms with Crippen molar-refractivity contribution in [3.8, 4) is 0 Å². The third-order valence-electron chi connectivity index (χ3n) is 2.66. The molecule has 3 unspecified atom stereocenters. The van der Waals surface area contributed by atoms with Crippen molar-refractivity contribution in [3.05, 3.63) is 0 Å². The monoisotopic (exact) mass is 306 g/mol. The number of hydrogen-bond donors (Lipinski definition) is 0. The van der Waals surface area contributed by atoms with Crippen LogP contribution in [-0.4, -0.2) is 56.0 Å². The maximum Gasteiger partial charge on any atom is 0.170 e. The lowest BCUT2D eigenvalue weighted by molar-refractivity contribution is 0.102. The molecular formula is C13H30O4Si2. The van der Waals surface area contributed by atoms with Gasteiger partial charge in [0.25, 0.3) is 0 Å². The van der Waals surface area contributed by atoms with Crippen LogP contribution in [0.5, 0.6) is 0 Å². The van der Waals surface area contributed by atoms with Gasteiger partial charge in [-0.15, -0.1) is 0 Å². The van der Waals surface area contributed by atoms with Crippen LogP contribution in [-0.2, 0) is 18.3 Å². The molecule has 2 aliphatic heterocycles. The van der Waals surface area contributed by atoms with E-state index in [-0.39, 0.29) is 0 Å². The first-order chi connectivity index (χ1) is 8.90. The van der Waals surface area contributed by atoms with Gasteiger partial charge in [-0.05, 0) is 32.2 Å². The first-order valence-electron chi connectivity index (χ1n) is 7.39. The van der Waals surface area contributed by atoms with Gasteiger partial charge < -0.3 is 18.3 Å². The maximum absolute atomic E-state index is 5.96. The highest BCUT2D eigenvalue weighted by Crippen LogP contribution is 2.12. The van der Waals surface area contributed by atoms with E-state index in [9.17, 15) is 0 Å². The van der Waals surface area contributed by atoms with Crippen LogP contribution < -0.4 is 0 Å². The Kier molecular flexibility index (Phi) is 7.78. The van der Waals surface area contributed by atoms with Crippen molar-refractivity contribution in [2.24, 2.45) is 0 Å². The molecular weight excluding hydrogens is 276 g/mol. The van der Waals surface area contributed by atoms with Gasteiger partial charge in [-0.1, -0.05) is 13.3 Å². The molecule has 2 fully saturated rings. The smallest absolute Gasteiger partial charge is 0.170 e. The van der Waals surface area contributed by atoms with Crippen molar-refractivity contribution in [3.63, 3.8) is 0 Å². The molecule has 0 aliphatic carbocycles. The summed E-state index contributed by atoms with van der Waals surface area (Å²) in [6.07, 6.45) is 2.07. The van der Waals surface area contributed by atoms with Crippen LogP contribution in [0.15, 0.2) is 0 Å². The minimum Gasteiger partial charge on any atom is -0.458 e. The van der Waals surface area contributed by atoms with Crippen molar-refractivity contribution < 1.29 is 18.3 Å². The predicted octanol–water partition coefficient (Wildman–Crippen LogP) is 2.40. The second kappa shape index (κ2) is 8.54. The Balaban J connectivity index is 0.000000190. The van der Waals surface area contributed by atoms with Gasteiger partial charge in [-0.2, -0.15) is 0 Å². The van der Waals surface area contributed by atoms with E-state index >= 15 is 0 Å². The largest absolute Gasteiger partial charge is 0.458 e. The minimum absolute atomic E-state index is 0.392. The Morgan fingerprint density at radius 1 is 1.11 bits per heavy atom. The van der Waals surface area contributed by atoms with Crippen molar-refractivity contribution in [1.29, 1.82) is 0 Å². The molecule has 2 rings (SSSR count). The molecule has 4 nitrogen and oxygen atoms in total. The van der Waals surface area contributed by atoms with Crippen molar-refractivity contribution in [2.45, 2.75) is 57.8 Å².